The lowest BCUT2D eigenvalue weighted by Gasteiger charge is -2.36. The minimum absolute atomic E-state index is 0.0256. The predicted octanol–water partition coefficient (Wildman–Crippen LogP) is 2.05. The van der Waals surface area contributed by atoms with E-state index in [0.29, 0.717) is 6.61 Å². The van der Waals surface area contributed by atoms with E-state index < -0.39 is 38.4 Å². The van der Waals surface area contributed by atoms with Crippen molar-refractivity contribution in [2.45, 2.75) is 70.5 Å². The van der Waals surface area contributed by atoms with Crippen LogP contribution in [0, 0.1) is 0 Å². The number of amides is 3. The zero-order valence-corrected chi connectivity index (χ0v) is 20.6. The number of alkyl carbamates (subject to hydrolysis) is 1. The Hall–Kier alpha value is -2.43. The Morgan fingerprint density at radius 1 is 1.16 bits per heavy atom. The van der Waals surface area contributed by atoms with Gasteiger partial charge in [-0.3, -0.25) is 9.59 Å². The lowest BCUT2D eigenvalue weighted by Crippen LogP contribution is -2.48. The van der Waals surface area contributed by atoms with Crippen LogP contribution in [0.25, 0.3) is 0 Å². The largest absolute Gasteiger partial charge is 0.445 e. The molecule has 0 aliphatic carbocycles. The number of aliphatic hydroxyl groups excluding tert-OH is 1. The average molecular weight is 468 g/mol. The van der Waals surface area contributed by atoms with Gasteiger partial charge >= 0.3 is 6.09 Å². The topological polar surface area (TPSA) is 140 Å². The molecule has 0 aromatic heterocycles. The van der Waals surface area contributed by atoms with Crippen molar-refractivity contribution < 1.29 is 28.7 Å². The second kappa shape index (κ2) is 12.6. The van der Waals surface area contributed by atoms with E-state index in [1.54, 1.807) is 0 Å². The highest BCUT2D eigenvalue weighted by atomic mass is 28.4. The number of nitrogens with two attached hydrogens (primary N) is 1. The van der Waals surface area contributed by atoms with Gasteiger partial charge < -0.3 is 30.6 Å². The molecule has 10 heteroatoms. The Morgan fingerprint density at radius 3 is 2.34 bits per heavy atom. The molecule has 0 radical (unpaired) electrons. The van der Waals surface area contributed by atoms with Gasteiger partial charge in [-0.25, -0.2) is 4.79 Å². The molecule has 0 aliphatic rings. The van der Waals surface area contributed by atoms with Crippen molar-refractivity contribution >= 4 is 26.2 Å². The van der Waals surface area contributed by atoms with E-state index in [1.165, 1.54) is 0 Å². The van der Waals surface area contributed by atoms with Crippen LogP contribution in [0.4, 0.5) is 4.79 Å². The standard InChI is InChI=1S/C22H37N3O6Si/c1-22(2,3)32(4,5)31-12-11-18(20(23)28)25-19(27)13-17(26)14-24-21(29)30-15-16-9-7-6-8-10-16/h6-10,17-18,26H,11-15H2,1-5H3,(H2,23,28)(H,24,29)(H,25,27)/t17-,18-/m1/s1. The van der Waals surface area contributed by atoms with Crippen molar-refractivity contribution in [1.29, 1.82) is 0 Å². The Bertz CT molecular complexity index is 752. The highest BCUT2D eigenvalue weighted by molar-refractivity contribution is 6.74. The number of primary amides is 1. The normalized spacial score (nSPS) is 13.7. The summed E-state index contributed by atoms with van der Waals surface area (Å²) in [6.07, 6.45) is -1.90. The fraction of sp³-hybridized carbons (Fsp3) is 0.591. The molecular formula is C22H37N3O6Si. The van der Waals surface area contributed by atoms with Gasteiger partial charge in [0.2, 0.25) is 11.8 Å². The minimum atomic E-state index is -1.98. The molecular weight excluding hydrogens is 430 g/mol. The molecule has 0 unspecified atom stereocenters. The van der Waals surface area contributed by atoms with Gasteiger partial charge in [-0.1, -0.05) is 51.1 Å². The third-order valence-corrected chi connectivity index (χ3v) is 10.0. The number of carbonyl (C=O) groups excluding carboxylic acids is 3. The van der Waals surface area contributed by atoms with Crippen molar-refractivity contribution in [3.8, 4) is 0 Å². The van der Waals surface area contributed by atoms with Gasteiger partial charge in [0.15, 0.2) is 8.32 Å². The maximum Gasteiger partial charge on any atom is 0.407 e. The maximum atomic E-state index is 12.2. The van der Waals surface area contributed by atoms with Gasteiger partial charge in [0, 0.05) is 13.2 Å². The number of aliphatic hydroxyl groups is 1. The van der Waals surface area contributed by atoms with Crippen LogP contribution in [0.15, 0.2) is 30.3 Å². The third kappa shape index (κ3) is 10.3. The molecule has 3 amide bonds. The summed E-state index contributed by atoms with van der Waals surface area (Å²) in [6, 6.07) is 8.26. The lowest BCUT2D eigenvalue weighted by atomic mass is 10.1. The van der Waals surface area contributed by atoms with Crippen LogP contribution in [0.3, 0.4) is 0 Å². The minimum Gasteiger partial charge on any atom is -0.445 e. The molecule has 0 saturated carbocycles. The molecule has 1 aromatic rings. The summed E-state index contributed by atoms with van der Waals surface area (Å²) in [7, 11) is -1.98. The molecule has 0 fully saturated rings. The fourth-order valence-electron chi connectivity index (χ4n) is 2.45. The summed E-state index contributed by atoms with van der Waals surface area (Å²) < 4.78 is 11.1. The first-order valence-corrected chi connectivity index (χ1v) is 13.6. The van der Waals surface area contributed by atoms with Crippen LogP contribution in [0.2, 0.25) is 18.1 Å². The zero-order chi connectivity index (χ0) is 24.4. The number of benzene rings is 1. The second-order valence-corrected chi connectivity index (χ2v) is 14.0. The van der Waals surface area contributed by atoms with E-state index in [9.17, 15) is 19.5 Å². The molecule has 5 N–H and O–H groups in total. The summed E-state index contributed by atoms with van der Waals surface area (Å²) in [5.41, 5.74) is 6.23. The van der Waals surface area contributed by atoms with Gasteiger partial charge in [0.05, 0.1) is 12.5 Å². The Kier molecular flexibility index (Phi) is 10.8. The Balaban J connectivity index is 2.37. The van der Waals surface area contributed by atoms with Gasteiger partial charge in [0.1, 0.15) is 12.6 Å². The summed E-state index contributed by atoms with van der Waals surface area (Å²) in [5, 5.41) is 15.0. The number of nitrogens with one attached hydrogen (secondary N) is 2. The van der Waals surface area contributed by atoms with E-state index in [0.717, 1.165) is 5.56 Å². The lowest BCUT2D eigenvalue weighted by molar-refractivity contribution is -0.128. The van der Waals surface area contributed by atoms with E-state index >= 15 is 0 Å². The molecule has 1 rings (SSSR count). The summed E-state index contributed by atoms with van der Waals surface area (Å²) in [4.78, 5) is 35.6. The van der Waals surface area contributed by atoms with Crippen LogP contribution < -0.4 is 16.4 Å². The van der Waals surface area contributed by atoms with E-state index in [4.69, 9.17) is 14.9 Å². The first-order chi connectivity index (χ1) is 14.8. The average Bonchev–Trinajstić information content (AvgIpc) is 2.69. The van der Waals surface area contributed by atoms with Gasteiger partial charge in [0.25, 0.3) is 0 Å². The highest BCUT2D eigenvalue weighted by Gasteiger charge is 2.37. The van der Waals surface area contributed by atoms with Crippen LogP contribution in [-0.4, -0.2) is 56.6 Å². The number of carbonyl (C=O) groups is 3. The molecule has 1 aromatic carbocycles. The van der Waals surface area contributed by atoms with Crippen molar-refractivity contribution in [2.75, 3.05) is 13.2 Å². The second-order valence-electron chi connectivity index (χ2n) is 9.22. The Morgan fingerprint density at radius 2 is 1.78 bits per heavy atom. The monoisotopic (exact) mass is 467 g/mol. The van der Waals surface area contributed by atoms with Gasteiger partial charge in [-0.15, -0.1) is 0 Å². The first kappa shape index (κ1) is 27.6. The molecule has 2 atom stereocenters. The van der Waals surface area contributed by atoms with Crippen LogP contribution in [-0.2, 0) is 25.4 Å². The molecule has 32 heavy (non-hydrogen) atoms. The number of hydrogen-bond acceptors (Lipinski definition) is 6. The first-order valence-electron chi connectivity index (χ1n) is 10.7. The van der Waals surface area contributed by atoms with Gasteiger partial charge in [-0.05, 0) is 30.1 Å². The molecule has 180 valence electrons. The number of rotatable bonds is 12. The van der Waals surface area contributed by atoms with E-state index in [2.05, 4.69) is 44.5 Å². The quantitative estimate of drug-likeness (QED) is 0.347. The smallest absolute Gasteiger partial charge is 0.407 e. The van der Waals surface area contributed by atoms with Crippen molar-refractivity contribution in [2.24, 2.45) is 5.73 Å². The van der Waals surface area contributed by atoms with Crippen LogP contribution >= 0.6 is 0 Å². The predicted molar refractivity (Wildman–Crippen MR) is 124 cm³/mol. The molecule has 0 bridgehead atoms. The maximum absolute atomic E-state index is 12.2. The summed E-state index contributed by atoms with van der Waals surface area (Å²) >= 11 is 0. The van der Waals surface area contributed by atoms with Gasteiger partial charge in [-0.2, -0.15) is 0 Å². The number of ether oxygens (including phenoxy) is 1. The molecule has 0 aliphatic heterocycles. The summed E-state index contributed by atoms with van der Waals surface area (Å²) in [5.74, 6) is -1.22. The zero-order valence-electron chi connectivity index (χ0n) is 19.6. The SMILES string of the molecule is CC(C)(C)[Si](C)(C)OCC[C@@H](NC(=O)C[C@@H](O)CNC(=O)OCc1ccccc1)C(N)=O. The molecule has 0 spiro atoms. The molecule has 0 heterocycles. The molecule has 9 nitrogen and oxygen atoms in total. The van der Waals surface area contributed by atoms with Crippen LogP contribution in [0.1, 0.15) is 39.2 Å². The van der Waals surface area contributed by atoms with Crippen LogP contribution in [0.5, 0.6) is 0 Å². The summed E-state index contributed by atoms with van der Waals surface area (Å²) in [6.45, 7) is 10.7. The third-order valence-electron chi connectivity index (χ3n) is 5.47. The fourth-order valence-corrected chi connectivity index (χ4v) is 3.51. The van der Waals surface area contributed by atoms with E-state index in [-0.39, 0.29) is 31.0 Å². The van der Waals surface area contributed by atoms with E-state index in [1.807, 2.05) is 30.3 Å². The highest BCUT2D eigenvalue weighted by Crippen LogP contribution is 2.36. The van der Waals surface area contributed by atoms with Crippen molar-refractivity contribution in [3.05, 3.63) is 35.9 Å². The molecule has 0 saturated heterocycles. The number of hydrogen-bond donors (Lipinski definition) is 4. The van der Waals surface area contributed by atoms with Crippen molar-refractivity contribution in [3.63, 3.8) is 0 Å². The Labute approximate surface area is 191 Å². The van der Waals surface area contributed by atoms with Crippen molar-refractivity contribution in [1.82, 2.24) is 10.6 Å².